The maximum atomic E-state index is 6.04. The highest BCUT2D eigenvalue weighted by atomic mass is 16.5. The molecule has 0 amide bonds. The van der Waals surface area contributed by atoms with E-state index in [4.69, 9.17) is 4.74 Å². The lowest BCUT2D eigenvalue weighted by atomic mass is 9.78. The fourth-order valence-corrected chi connectivity index (χ4v) is 7.09. The fraction of sp³-hybridized carbons (Fsp3) is 1.00. The summed E-state index contributed by atoms with van der Waals surface area (Å²) in [5, 5.41) is 0. The quantitative estimate of drug-likeness (QED) is 0.137. The second kappa shape index (κ2) is 22.0. The maximum absolute atomic E-state index is 6.04. The van der Waals surface area contributed by atoms with Gasteiger partial charge < -0.3 is 4.74 Å². The van der Waals surface area contributed by atoms with Gasteiger partial charge in [0.1, 0.15) is 0 Å². The van der Waals surface area contributed by atoms with Gasteiger partial charge in [0.05, 0.1) is 0 Å². The molecule has 2 aliphatic rings. The highest BCUT2D eigenvalue weighted by Gasteiger charge is 2.21. The van der Waals surface area contributed by atoms with Crippen LogP contribution in [0.4, 0.5) is 0 Å². The van der Waals surface area contributed by atoms with Gasteiger partial charge in [-0.1, -0.05) is 155 Å². The molecule has 0 atom stereocenters. The summed E-state index contributed by atoms with van der Waals surface area (Å²) >= 11 is 0. The van der Waals surface area contributed by atoms with Gasteiger partial charge in [-0.25, -0.2) is 0 Å². The molecular weight excluding hydrogens is 424 g/mol. The highest BCUT2D eigenvalue weighted by molar-refractivity contribution is 4.74. The van der Waals surface area contributed by atoms with Gasteiger partial charge in [-0.15, -0.1) is 0 Å². The van der Waals surface area contributed by atoms with Crippen LogP contribution < -0.4 is 0 Å². The lowest BCUT2D eigenvalue weighted by Crippen LogP contribution is -2.16. The van der Waals surface area contributed by atoms with Crippen LogP contribution in [0, 0.1) is 23.7 Å². The first-order chi connectivity index (χ1) is 17.3. The summed E-state index contributed by atoms with van der Waals surface area (Å²) < 4.78 is 6.04. The number of rotatable bonds is 22. The maximum Gasteiger partial charge on any atom is 0.0466 e. The van der Waals surface area contributed by atoms with Gasteiger partial charge in [0, 0.05) is 13.2 Å². The lowest BCUT2D eigenvalue weighted by Gasteiger charge is -2.29. The molecule has 0 saturated heterocycles. The molecule has 0 unspecified atom stereocenters. The topological polar surface area (TPSA) is 9.23 Å². The summed E-state index contributed by atoms with van der Waals surface area (Å²) in [5.74, 6) is 4.12. The van der Waals surface area contributed by atoms with Gasteiger partial charge in [-0.2, -0.15) is 0 Å². The third-order valence-electron chi connectivity index (χ3n) is 9.67. The Hall–Kier alpha value is -0.0400. The highest BCUT2D eigenvalue weighted by Crippen LogP contribution is 2.35. The molecular formula is C34H66O. The molecule has 208 valence electrons. The SMILES string of the molecule is CCCCCCCCC1CCC(CCCOCCCC2CCC(CCCCCCCC)CC2)CC1. The van der Waals surface area contributed by atoms with Crippen LogP contribution in [-0.2, 0) is 4.74 Å². The van der Waals surface area contributed by atoms with E-state index in [-0.39, 0.29) is 0 Å². The van der Waals surface area contributed by atoms with Gasteiger partial charge in [0.2, 0.25) is 0 Å². The second-order valence-corrected chi connectivity index (χ2v) is 12.8. The van der Waals surface area contributed by atoms with E-state index in [1.807, 2.05) is 0 Å². The van der Waals surface area contributed by atoms with Crippen LogP contribution in [0.3, 0.4) is 0 Å². The first kappa shape index (κ1) is 31.2. The van der Waals surface area contributed by atoms with Crippen molar-refractivity contribution >= 4 is 0 Å². The van der Waals surface area contributed by atoms with E-state index in [2.05, 4.69) is 13.8 Å². The van der Waals surface area contributed by atoms with Crippen molar-refractivity contribution in [2.75, 3.05) is 13.2 Å². The summed E-state index contributed by atoms with van der Waals surface area (Å²) in [4.78, 5) is 0. The molecule has 0 aromatic heterocycles. The minimum absolute atomic E-state index is 1.01. The Balaban J connectivity index is 1.32. The minimum atomic E-state index is 1.01. The summed E-state index contributed by atoms with van der Waals surface area (Å²) in [6, 6.07) is 0. The van der Waals surface area contributed by atoms with Crippen LogP contribution in [0.1, 0.15) is 181 Å². The van der Waals surface area contributed by atoms with Gasteiger partial charge in [-0.05, 0) is 49.4 Å². The molecule has 0 aromatic rings. The van der Waals surface area contributed by atoms with Crippen molar-refractivity contribution in [3.05, 3.63) is 0 Å². The molecule has 1 nitrogen and oxygen atoms in total. The third-order valence-corrected chi connectivity index (χ3v) is 9.67. The van der Waals surface area contributed by atoms with E-state index >= 15 is 0 Å². The van der Waals surface area contributed by atoms with E-state index in [1.54, 1.807) is 0 Å². The van der Waals surface area contributed by atoms with Crippen LogP contribution in [0.5, 0.6) is 0 Å². The van der Waals surface area contributed by atoms with E-state index in [0.717, 1.165) is 36.9 Å². The molecule has 0 N–H and O–H groups in total. The average Bonchev–Trinajstić information content (AvgIpc) is 2.89. The van der Waals surface area contributed by atoms with Crippen molar-refractivity contribution in [1.29, 1.82) is 0 Å². The molecule has 0 aliphatic heterocycles. The van der Waals surface area contributed by atoms with Crippen LogP contribution in [-0.4, -0.2) is 13.2 Å². The number of hydrogen-bond donors (Lipinski definition) is 0. The average molecular weight is 491 g/mol. The van der Waals surface area contributed by atoms with Crippen molar-refractivity contribution < 1.29 is 4.74 Å². The lowest BCUT2D eigenvalue weighted by molar-refractivity contribution is 0.113. The number of hydrogen-bond acceptors (Lipinski definition) is 1. The minimum Gasteiger partial charge on any atom is -0.381 e. The van der Waals surface area contributed by atoms with Crippen molar-refractivity contribution in [2.24, 2.45) is 23.7 Å². The molecule has 2 fully saturated rings. The Morgan fingerprint density at radius 3 is 1.00 bits per heavy atom. The summed E-state index contributed by atoms with van der Waals surface area (Å²) in [6.07, 6.45) is 38.0. The predicted octanol–water partition coefficient (Wildman–Crippen LogP) is 11.7. The largest absolute Gasteiger partial charge is 0.381 e. The molecule has 0 bridgehead atoms. The van der Waals surface area contributed by atoms with Crippen molar-refractivity contribution in [3.8, 4) is 0 Å². The molecule has 0 radical (unpaired) electrons. The van der Waals surface area contributed by atoms with Gasteiger partial charge in [0.25, 0.3) is 0 Å². The van der Waals surface area contributed by atoms with Gasteiger partial charge in [0.15, 0.2) is 0 Å². The van der Waals surface area contributed by atoms with E-state index in [0.29, 0.717) is 0 Å². The standard InChI is InChI=1S/C34H66O/c1-3-5-7-9-11-13-17-31-21-25-33(26-22-31)19-15-29-35-30-16-20-34-27-23-32(24-28-34)18-14-12-10-8-6-4-2/h31-34H,3-30H2,1-2H3. The number of unbranched alkanes of at least 4 members (excludes halogenated alkanes) is 10. The Morgan fingerprint density at radius 1 is 0.371 bits per heavy atom. The number of ether oxygens (including phenoxy) is 1. The van der Waals surface area contributed by atoms with Crippen LogP contribution in [0.15, 0.2) is 0 Å². The summed E-state index contributed by atoms with van der Waals surface area (Å²) in [7, 11) is 0. The zero-order chi connectivity index (χ0) is 24.8. The Bertz CT molecular complexity index is 390. The van der Waals surface area contributed by atoms with E-state index in [9.17, 15) is 0 Å². The third kappa shape index (κ3) is 16.4. The Labute approximate surface area is 222 Å². The smallest absolute Gasteiger partial charge is 0.0466 e. The van der Waals surface area contributed by atoms with Crippen LogP contribution in [0.2, 0.25) is 0 Å². The summed E-state index contributed by atoms with van der Waals surface area (Å²) in [6.45, 7) is 6.66. The van der Waals surface area contributed by atoms with Crippen LogP contribution in [0.25, 0.3) is 0 Å². The first-order valence-corrected chi connectivity index (χ1v) is 16.9. The first-order valence-electron chi connectivity index (χ1n) is 16.9. The zero-order valence-corrected chi connectivity index (χ0v) is 24.5. The predicted molar refractivity (Wildman–Crippen MR) is 156 cm³/mol. The van der Waals surface area contributed by atoms with E-state index < -0.39 is 0 Å². The normalized spacial score (nSPS) is 25.2. The fourth-order valence-electron chi connectivity index (χ4n) is 7.09. The summed E-state index contributed by atoms with van der Waals surface area (Å²) in [5.41, 5.74) is 0. The molecule has 2 saturated carbocycles. The molecule has 0 heterocycles. The van der Waals surface area contributed by atoms with Crippen LogP contribution >= 0.6 is 0 Å². The van der Waals surface area contributed by atoms with Gasteiger partial charge >= 0.3 is 0 Å². The molecule has 2 rings (SSSR count). The molecule has 0 spiro atoms. The molecule has 35 heavy (non-hydrogen) atoms. The Kier molecular flexibility index (Phi) is 19.6. The Morgan fingerprint density at radius 2 is 0.657 bits per heavy atom. The van der Waals surface area contributed by atoms with Crippen molar-refractivity contribution in [3.63, 3.8) is 0 Å². The second-order valence-electron chi connectivity index (χ2n) is 12.8. The molecule has 0 aromatic carbocycles. The zero-order valence-electron chi connectivity index (χ0n) is 24.5. The van der Waals surface area contributed by atoms with Crippen molar-refractivity contribution in [1.82, 2.24) is 0 Å². The molecule has 1 heteroatoms. The molecule has 2 aliphatic carbocycles. The van der Waals surface area contributed by atoms with Crippen molar-refractivity contribution in [2.45, 2.75) is 181 Å². The van der Waals surface area contributed by atoms with E-state index in [1.165, 1.54) is 167 Å². The van der Waals surface area contributed by atoms with Gasteiger partial charge in [-0.3, -0.25) is 0 Å². The monoisotopic (exact) mass is 491 g/mol.